The van der Waals surface area contributed by atoms with Crippen LogP contribution in [0.3, 0.4) is 0 Å². The molecule has 0 saturated heterocycles. The van der Waals surface area contributed by atoms with Crippen LogP contribution in [0.2, 0.25) is 0 Å². The highest BCUT2D eigenvalue weighted by molar-refractivity contribution is 5.74. The third-order valence-corrected chi connectivity index (χ3v) is 4.54. The van der Waals surface area contributed by atoms with E-state index in [1.165, 1.54) is 56.9 Å². The Morgan fingerprint density at radius 3 is 2.63 bits per heavy atom. The molecule has 1 aromatic rings. The normalized spacial score (nSPS) is 23.2. The third kappa shape index (κ3) is 4.19. The molecule has 0 amide bonds. The molecule has 1 aliphatic rings. The molecule has 2 rings (SSSR count). The minimum atomic E-state index is 0.723. The maximum absolute atomic E-state index is 10.7. The summed E-state index contributed by atoms with van der Waals surface area (Å²) in [4.78, 5) is 10.7. The number of rotatable bonds is 6. The summed E-state index contributed by atoms with van der Waals surface area (Å²) < 4.78 is 0. The van der Waals surface area contributed by atoms with Gasteiger partial charge in [-0.2, -0.15) is 0 Å². The second kappa shape index (κ2) is 7.47. The van der Waals surface area contributed by atoms with Crippen molar-refractivity contribution in [3.63, 3.8) is 0 Å². The predicted molar refractivity (Wildman–Crippen MR) is 80.7 cm³/mol. The summed E-state index contributed by atoms with van der Waals surface area (Å²) in [6.07, 6.45) is 11.9. The second-order valence-electron chi connectivity index (χ2n) is 6.01. The molecule has 0 aromatic heterocycles. The lowest BCUT2D eigenvalue weighted by atomic mass is 9.76. The van der Waals surface area contributed by atoms with Crippen molar-refractivity contribution in [2.45, 2.75) is 64.2 Å². The van der Waals surface area contributed by atoms with Crippen molar-refractivity contribution in [3.05, 3.63) is 35.4 Å². The van der Waals surface area contributed by atoms with E-state index in [0.717, 1.165) is 23.7 Å². The zero-order valence-electron chi connectivity index (χ0n) is 12.1. The number of unbranched alkanes of at least 4 members (excludes halogenated alkanes) is 2. The molecule has 0 N–H and O–H groups in total. The Kier molecular flexibility index (Phi) is 5.62. The fourth-order valence-electron chi connectivity index (χ4n) is 3.39. The van der Waals surface area contributed by atoms with Crippen molar-refractivity contribution in [1.82, 2.24) is 0 Å². The van der Waals surface area contributed by atoms with Crippen molar-refractivity contribution in [1.29, 1.82) is 0 Å². The van der Waals surface area contributed by atoms with Gasteiger partial charge in [-0.15, -0.1) is 0 Å². The van der Waals surface area contributed by atoms with Crippen LogP contribution in [0.1, 0.15) is 80.1 Å². The van der Waals surface area contributed by atoms with Crippen LogP contribution < -0.4 is 0 Å². The molecule has 0 aliphatic heterocycles. The minimum absolute atomic E-state index is 0.723. The van der Waals surface area contributed by atoms with Crippen molar-refractivity contribution >= 4 is 6.29 Å². The van der Waals surface area contributed by atoms with Gasteiger partial charge in [0.15, 0.2) is 0 Å². The summed E-state index contributed by atoms with van der Waals surface area (Å²) in [5, 5.41) is 0. The topological polar surface area (TPSA) is 17.1 Å². The van der Waals surface area contributed by atoms with Gasteiger partial charge in [-0.3, -0.25) is 4.79 Å². The molecule has 19 heavy (non-hydrogen) atoms. The van der Waals surface area contributed by atoms with Crippen LogP contribution in [0.25, 0.3) is 0 Å². The number of benzene rings is 1. The maximum atomic E-state index is 10.7. The van der Waals surface area contributed by atoms with E-state index in [1.54, 1.807) is 0 Å². The minimum Gasteiger partial charge on any atom is -0.298 e. The fourth-order valence-corrected chi connectivity index (χ4v) is 3.39. The molecule has 104 valence electrons. The molecule has 1 fully saturated rings. The summed E-state index contributed by atoms with van der Waals surface area (Å²) in [5.74, 6) is 1.65. The molecule has 1 saturated carbocycles. The summed E-state index contributed by atoms with van der Waals surface area (Å²) in [6, 6.07) is 8.23. The van der Waals surface area contributed by atoms with Crippen LogP contribution in [-0.4, -0.2) is 6.29 Å². The van der Waals surface area contributed by atoms with Crippen LogP contribution in [0.5, 0.6) is 0 Å². The highest BCUT2D eigenvalue weighted by atomic mass is 16.1. The van der Waals surface area contributed by atoms with Crippen LogP contribution >= 0.6 is 0 Å². The van der Waals surface area contributed by atoms with Crippen LogP contribution in [-0.2, 0) is 0 Å². The Labute approximate surface area is 117 Å². The first-order valence-corrected chi connectivity index (χ1v) is 7.88. The van der Waals surface area contributed by atoms with Crippen molar-refractivity contribution < 1.29 is 4.79 Å². The molecule has 1 aromatic carbocycles. The highest BCUT2D eigenvalue weighted by Crippen LogP contribution is 2.38. The first-order chi connectivity index (χ1) is 9.33. The number of carbonyl (C=O) groups is 1. The van der Waals surface area contributed by atoms with E-state index in [4.69, 9.17) is 0 Å². The van der Waals surface area contributed by atoms with Gasteiger partial charge in [-0.25, -0.2) is 0 Å². The molecule has 1 heteroatoms. The van der Waals surface area contributed by atoms with E-state index in [1.807, 2.05) is 12.1 Å². The molecule has 0 spiro atoms. The number of carbonyl (C=O) groups excluding carboxylic acids is 1. The van der Waals surface area contributed by atoms with Crippen molar-refractivity contribution in [2.24, 2.45) is 5.92 Å². The molecule has 0 bridgehead atoms. The summed E-state index contributed by atoms with van der Waals surface area (Å²) in [7, 11) is 0. The first-order valence-electron chi connectivity index (χ1n) is 7.88. The quantitative estimate of drug-likeness (QED) is 0.496. The van der Waals surface area contributed by atoms with Gasteiger partial charge in [-0.1, -0.05) is 69.7 Å². The average Bonchev–Trinajstić information content (AvgIpc) is 2.48. The van der Waals surface area contributed by atoms with Gasteiger partial charge in [0.05, 0.1) is 0 Å². The lowest BCUT2D eigenvalue weighted by molar-refractivity contribution is 0.112. The van der Waals surface area contributed by atoms with E-state index in [-0.39, 0.29) is 0 Å². The van der Waals surface area contributed by atoms with Gasteiger partial charge in [0.2, 0.25) is 0 Å². The van der Waals surface area contributed by atoms with E-state index in [0.29, 0.717) is 0 Å². The lowest BCUT2D eigenvalue weighted by Crippen LogP contribution is -2.14. The zero-order valence-corrected chi connectivity index (χ0v) is 12.1. The van der Waals surface area contributed by atoms with Gasteiger partial charge in [0.25, 0.3) is 0 Å². The van der Waals surface area contributed by atoms with E-state index < -0.39 is 0 Å². The zero-order chi connectivity index (χ0) is 13.5. The Bertz CT molecular complexity index is 379. The third-order valence-electron chi connectivity index (χ3n) is 4.54. The largest absolute Gasteiger partial charge is 0.298 e. The maximum Gasteiger partial charge on any atom is 0.150 e. The van der Waals surface area contributed by atoms with Gasteiger partial charge in [-0.05, 0) is 30.2 Å². The molecule has 1 nitrogen and oxygen atoms in total. The molecule has 2 atom stereocenters. The molecule has 2 unspecified atom stereocenters. The lowest BCUT2D eigenvalue weighted by Gasteiger charge is -2.29. The fraction of sp³-hybridized carbons (Fsp3) is 0.611. The Morgan fingerprint density at radius 2 is 1.95 bits per heavy atom. The second-order valence-corrected chi connectivity index (χ2v) is 6.01. The van der Waals surface area contributed by atoms with Gasteiger partial charge in [0.1, 0.15) is 6.29 Å². The van der Waals surface area contributed by atoms with Crippen molar-refractivity contribution in [3.8, 4) is 0 Å². The highest BCUT2D eigenvalue weighted by Gasteiger charge is 2.22. The number of aldehydes is 1. The molecule has 0 heterocycles. The van der Waals surface area contributed by atoms with Gasteiger partial charge in [0, 0.05) is 5.56 Å². The number of hydrogen-bond donors (Lipinski definition) is 0. The summed E-state index contributed by atoms with van der Waals surface area (Å²) in [5.41, 5.74) is 2.23. The smallest absolute Gasteiger partial charge is 0.150 e. The molecular weight excluding hydrogens is 232 g/mol. The van der Waals surface area contributed by atoms with Gasteiger partial charge < -0.3 is 0 Å². The number of hydrogen-bond acceptors (Lipinski definition) is 1. The first kappa shape index (κ1) is 14.3. The van der Waals surface area contributed by atoms with Crippen LogP contribution in [0.15, 0.2) is 24.3 Å². The Morgan fingerprint density at radius 1 is 1.16 bits per heavy atom. The van der Waals surface area contributed by atoms with Crippen molar-refractivity contribution in [2.75, 3.05) is 0 Å². The standard InChI is InChI=1S/C18H26O/c1-2-3-4-6-15-7-5-8-18(13-15)17-11-9-16(14-19)10-12-17/h9-12,14-15,18H,2-8,13H2,1H3. The summed E-state index contributed by atoms with van der Waals surface area (Å²) in [6.45, 7) is 2.28. The Hall–Kier alpha value is -1.11. The average molecular weight is 258 g/mol. The van der Waals surface area contributed by atoms with Crippen LogP contribution in [0, 0.1) is 5.92 Å². The van der Waals surface area contributed by atoms with E-state index >= 15 is 0 Å². The van der Waals surface area contributed by atoms with Gasteiger partial charge >= 0.3 is 0 Å². The molecule has 0 radical (unpaired) electrons. The monoisotopic (exact) mass is 258 g/mol. The molecule has 1 aliphatic carbocycles. The molecular formula is C18H26O. The summed E-state index contributed by atoms with van der Waals surface area (Å²) >= 11 is 0. The Balaban J connectivity index is 1.90. The van der Waals surface area contributed by atoms with Crippen LogP contribution in [0.4, 0.5) is 0 Å². The van der Waals surface area contributed by atoms with E-state index in [2.05, 4.69) is 19.1 Å². The predicted octanol–water partition coefficient (Wildman–Crippen LogP) is 5.35. The van der Waals surface area contributed by atoms with E-state index in [9.17, 15) is 4.79 Å². The SMILES string of the molecule is CCCCCC1CCCC(c2ccc(C=O)cc2)C1.